The molecule has 7 heteroatoms. The van der Waals surface area contributed by atoms with Gasteiger partial charge in [-0.3, -0.25) is 9.59 Å². The molecule has 25 heavy (non-hydrogen) atoms. The Kier molecular flexibility index (Phi) is 5.09. The van der Waals surface area contributed by atoms with Crippen LogP contribution in [0, 0.1) is 0 Å². The summed E-state index contributed by atoms with van der Waals surface area (Å²) in [7, 11) is 0. The Bertz CT molecular complexity index is 970. The maximum Gasteiger partial charge on any atom is 0.278 e. The van der Waals surface area contributed by atoms with Gasteiger partial charge >= 0.3 is 0 Å². The van der Waals surface area contributed by atoms with Crippen molar-refractivity contribution in [1.82, 2.24) is 20.3 Å². The van der Waals surface area contributed by atoms with E-state index in [1.54, 1.807) is 30.3 Å². The number of fused-ring (bicyclic) bond motifs is 1. The van der Waals surface area contributed by atoms with E-state index >= 15 is 0 Å². The summed E-state index contributed by atoms with van der Waals surface area (Å²) in [6.45, 7) is 1.78. The molecule has 0 aliphatic carbocycles. The van der Waals surface area contributed by atoms with Crippen LogP contribution < -0.4 is 10.9 Å². The minimum atomic E-state index is -0.337. The lowest BCUT2D eigenvalue weighted by Gasteiger charge is -2.17. The smallest absolute Gasteiger partial charge is 0.278 e. The number of carbonyl (C=O) groups excluding carboxylic acids is 1. The number of nitrogens with one attached hydrogen (secondary N) is 1. The van der Waals surface area contributed by atoms with Crippen molar-refractivity contribution in [2.24, 2.45) is 0 Å². The lowest BCUT2D eigenvalue weighted by molar-refractivity contribution is -0.122. The molecule has 1 N–H and O–H groups in total. The van der Waals surface area contributed by atoms with E-state index in [1.807, 2.05) is 25.1 Å². The summed E-state index contributed by atoms with van der Waals surface area (Å²) in [5.41, 5.74) is 1.09. The highest BCUT2D eigenvalue weighted by molar-refractivity contribution is 6.30. The van der Waals surface area contributed by atoms with E-state index in [4.69, 9.17) is 11.6 Å². The molecule has 0 aliphatic heterocycles. The molecule has 1 amide bonds. The van der Waals surface area contributed by atoms with Gasteiger partial charge in [0, 0.05) is 5.02 Å². The van der Waals surface area contributed by atoms with Crippen molar-refractivity contribution in [2.45, 2.75) is 25.9 Å². The molecule has 3 rings (SSSR count). The number of hydrogen-bond donors (Lipinski definition) is 1. The van der Waals surface area contributed by atoms with Gasteiger partial charge in [-0.1, -0.05) is 48.0 Å². The van der Waals surface area contributed by atoms with Gasteiger partial charge in [0.05, 0.1) is 11.4 Å². The molecule has 0 aliphatic rings. The zero-order chi connectivity index (χ0) is 17.8. The summed E-state index contributed by atoms with van der Waals surface area (Å²) in [6.07, 6.45) is 0.699. The third-order valence-electron chi connectivity index (χ3n) is 3.92. The van der Waals surface area contributed by atoms with Crippen LogP contribution in [0.1, 0.15) is 24.9 Å². The highest BCUT2D eigenvalue weighted by Crippen LogP contribution is 2.20. The molecule has 6 nitrogen and oxygen atoms in total. The highest BCUT2D eigenvalue weighted by atomic mass is 35.5. The lowest BCUT2D eigenvalue weighted by atomic mass is 10.0. The maximum atomic E-state index is 12.4. The molecule has 0 fully saturated rings. The van der Waals surface area contributed by atoms with Gasteiger partial charge in [-0.25, -0.2) is 4.68 Å². The molecular weight excluding hydrogens is 340 g/mol. The first-order valence-corrected chi connectivity index (χ1v) is 8.33. The molecule has 2 aromatic carbocycles. The predicted molar refractivity (Wildman–Crippen MR) is 96.4 cm³/mol. The van der Waals surface area contributed by atoms with Crippen molar-refractivity contribution in [3.63, 3.8) is 0 Å². The molecule has 0 bridgehead atoms. The van der Waals surface area contributed by atoms with Crippen molar-refractivity contribution in [3.05, 3.63) is 69.5 Å². The minimum Gasteiger partial charge on any atom is -0.348 e. The number of nitrogens with zero attached hydrogens (tertiary/aromatic N) is 3. The summed E-state index contributed by atoms with van der Waals surface area (Å²) in [5, 5.41) is 11.8. The molecule has 1 atom stereocenters. The van der Waals surface area contributed by atoms with Crippen LogP contribution in [0.3, 0.4) is 0 Å². The molecule has 1 unspecified atom stereocenters. The van der Waals surface area contributed by atoms with Crippen LogP contribution >= 0.6 is 11.6 Å². The summed E-state index contributed by atoms with van der Waals surface area (Å²) in [6, 6.07) is 14.1. The Balaban J connectivity index is 1.78. The van der Waals surface area contributed by atoms with E-state index in [0.29, 0.717) is 22.3 Å². The Hall–Kier alpha value is -2.73. The van der Waals surface area contributed by atoms with Crippen LogP contribution in [0.4, 0.5) is 0 Å². The number of amides is 1. The fourth-order valence-electron chi connectivity index (χ4n) is 2.65. The van der Waals surface area contributed by atoms with E-state index < -0.39 is 0 Å². The summed E-state index contributed by atoms with van der Waals surface area (Å²) in [4.78, 5) is 24.8. The number of carbonyl (C=O) groups is 1. The van der Waals surface area contributed by atoms with Crippen molar-refractivity contribution < 1.29 is 4.79 Å². The summed E-state index contributed by atoms with van der Waals surface area (Å²) >= 11 is 6.01. The number of aromatic nitrogens is 3. The second kappa shape index (κ2) is 7.44. The standard InChI is InChI=1S/C18H17ClN4O2/c1-2-15(12-6-5-7-13(19)10-12)20-17(24)11-23-18(25)14-8-3-4-9-16(14)21-22-23/h3-10,15H,2,11H2,1H3,(H,20,24). The van der Waals surface area contributed by atoms with E-state index in [2.05, 4.69) is 15.6 Å². The Morgan fingerprint density at radius 2 is 2.04 bits per heavy atom. The summed E-state index contributed by atoms with van der Waals surface area (Å²) < 4.78 is 1.07. The average molecular weight is 357 g/mol. The number of halogens is 1. The van der Waals surface area contributed by atoms with Crippen LogP contribution in [0.2, 0.25) is 5.02 Å². The van der Waals surface area contributed by atoms with Gasteiger partial charge in [0.15, 0.2) is 0 Å². The molecular formula is C18H17ClN4O2. The van der Waals surface area contributed by atoms with Crippen molar-refractivity contribution in [2.75, 3.05) is 0 Å². The normalized spacial score (nSPS) is 12.1. The second-order valence-corrected chi connectivity index (χ2v) is 6.09. The van der Waals surface area contributed by atoms with Gasteiger partial charge in [0.1, 0.15) is 12.1 Å². The van der Waals surface area contributed by atoms with E-state index in [9.17, 15) is 9.59 Å². The topological polar surface area (TPSA) is 76.9 Å². The molecule has 1 aromatic heterocycles. The Labute approximate surface area is 149 Å². The van der Waals surface area contributed by atoms with Gasteiger partial charge in [0.2, 0.25) is 5.91 Å². The van der Waals surface area contributed by atoms with Gasteiger partial charge in [-0.05, 0) is 36.2 Å². The van der Waals surface area contributed by atoms with Crippen molar-refractivity contribution in [1.29, 1.82) is 0 Å². The Morgan fingerprint density at radius 1 is 1.24 bits per heavy atom. The van der Waals surface area contributed by atoms with Gasteiger partial charge in [-0.2, -0.15) is 0 Å². The first-order valence-electron chi connectivity index (χ1n) is 7.96. The van der Waals surface area contributed by atoms with Gasteiger partial charge in [0.25, 0.3) is 5.56 Å². The first kappa shape index (κ1) is 17.1. The first-order chi connectivity index (χ1) is 12.1. The fraction of sp³-hybridized carbons (Fsp3) is 0.222. The Morgan fingerprint density at radius 3 is 2.80 bits per heavy atom. The van der Waals surface area contributed by atoms with Crippen LogP contribution in [0.5, 0.6) is 0 Å². The van der Waals surface area contributed by atoms with Crippen LogP contribution in [0.15, 0.2) is 53.3 Å². The SMILES string of the molecule is CCC(NC(=O)Cn1nnc2ccccc2c1=O)c1cccc(Cl)c1. The van der Waals surface area contributed by atoms with E-state index in [0.717, 1.165) is 10.2 Å². The quantitative estimate of drug-likeness (QED) is 0.762. The molecule has 0 saturated heterocycles. The van der Waals surface area contributed by atoms with Crippen molar-refractivity contribution >= 4 is 28.4 Å². The third-order valence-corrected chi connectivity index (χ3v) is 4.15. The van der Waals surface area contributed by atoms with E-state index in [-0.39, 0.29) is 24.1 Å². The lowest BCUT2D eigenvalue weighted by Crippen LogP contribution is -2.36. The third kappa shape index (κ3) is 3.85. The number of benzene rings is 2. The largest absolute Gasteiger partial charge is 0.348 e. The monoisotopic (exact) mass is 356 g/mol. The molecule has 0 radical (unpaired) electrons. The zero-order valence-corrected chi connectivity index (χ0v) is 14.4. The predicted octanol–water partition coefficient (Wildman–Crippen LogP) is 2.71. The number of hydrogen-bond acceptors (Lipinski definition) is 4. The zero-order valence-electron chi connectivity index (χ0n) is 13.6. The van der Waals surface area contributed by atoms with E-state index in [1.165, 1.54) is 0 Å². The molecule has 0 spiro atoms. The van der Waals surface area contributed by atoms with Crippen molar-refractivity contribution in [3.8, 4) is 0 Å². The van der Waals surface area contributed by atoms with Crippen LogP contribution in [-0.4, -0.2) is 20.9 Å². The number of rotatable bonds is 5. The molecule has 0 saturated carbocycles. The molecule has 3 aromatic rings. The average Bonchev–Trinajstić information content (AvgIpc) is 2.62. The summed E-state index contributed by atoms with van der Waals surface area (Å²) in [5.74, 6) is -0.307. The second-order valence-electron chi connectivity index (χ2n) is 5.65. The van der Waals surface area contributed by atoms with Gasteiger partial charge < -0.3 is 5.32 Å². The van der Waals surface area contributed by atoms with Crippen LogP contribution in [0.25, 0.3) is 10.9 Å². The maximum absolute atomic E-state index is 12.4. The molecule has 128 valence electrons. The fourth-order valence-corrected chi connectivity index (χ4v) is 2.85. The van der Waals surface area contributed by atoms with Gasteiger partial charge in [-0.15, -0.1) is 5.10 Å². The highest BCUT2D eigenvalue weighted by Gasteiger charge is 2.15. The minimum absolute atomic E-state index is 0.185. The molecule has 1 heterocycles. The van der Waals surface area contributed by atoms with Crippen LogP contribution in [-0.2, 0) is 11.3 Å².